The lowest BCUT2D eigenvalue weighted by molar-refractivity contribution is -0.384. The van der Waals surface area contributed by atoms with Crippen molar-refractivity contribution in [2.75, 3.05) is 17.7 Å². The third-order valence-corrected chi connectivity index (χ3v) is 11.5. The van der Waals surface area contributed by atoms with Crippen LogP contribution in [0.15, 0.2) is 89.5 Å². The fourth-order valence-electron chi connectivity index (χ4n) is 6.13. The molecule has 72 heavy (non-hydrogen) atoms. The van der Waals surface area contributed by atoms with Crippen molar-refractivity contribution in [2.45, 2.75) is 76.8 Å². The van der Waals surface area contributed by atoms with Crippen LogP contribution in [0.5, 0.6) is 17.4 Å². The number of hydrogen-bond acceptors (Lipinski definition) is 14. The monoisotopic (exact) mass is 1080 g/mol. The van der Waals surface area contributed by atoms with Gasteiger partial charge < -0.3 is 61.5 Å². The summed E-state index contributed by atoms with van der Waals surface area (Å²) in [6, 6.07) is 18.9. The Morgan fingerprint density at radius 1 is 0.792 bits per heavy atom. The van der Waals surface area contributed by atoms with Crippen molar-refractivity contribution < 1.29 is 73.1 Å². The number of nitrogens with one attached hydrogen (secondary N) is 2. The normalized spacial score (nSPS) is 13.7. The van der Waals surface area contributed by atoms with Crippen LogP contribution >= 0.6 is 46.4 Å². The Labute approximate surface area is 431 Å². The second-order valence-corrected chi connectivity index (χ2v) is 16.5. The molecule has 1 aliphatic carbocycles. The van der Waals surface area contributed by atoms with E-state index in [1.165, 1.54) is 81.7 Å². The summed E-state index contributed by atoms with van der Waals surface area (Å²) in [5.41, 5.74) is 11.2. The van der Waals surface area contributed by atoms with Crippen molar-refractivity contribution in [3.63, 3.8) is 0 Å². The van der Waals surface area contributed by atoms with Crippen molar-refractivity contribution in [1.82, 2.24) is 0 Å². The van der Waals surface area contributed by atoms with Crippen LogP contribution in [0.2, 0.25) is 20.1 Å². The quantitative estimate of drug-likeness (QED) is 0.0229. The number of nitro benzene ring substituents is 1. The number of nitrogens with two attached hydrogens (primary N) is 2. The maximum Gasteiger partial charge on any atom is 0.338 e. The second kappa shape index (κ2) is 30.6. The van der Waals surface area contributed by atoms with Crippen molar-refractivity contribution in [3.8, 4) is 17.4 Å². The molecule has 2 amide bonds. The number of hydrogen-bond donors (Lipinski definition) is 9. The summed E-state index contributed by atoms with van der Waals surface area (Å²) in [6.45, 7) is 3.36. The summed E-state index contributed by atoms with van der Waals surface area (Å²) >= 11 is 22.4. The van der Waals surface area contributed by atoms with Gasteiger partial charge in [0.15, 0.2) is 0 Å². The Bertz CT molecular complexity index is 2570. The molecule has 3 atom stereocenters. The number of halogens is 4. The molecule has 0 radical (unpaired) electrons. The van der Waals surface area contributed by atoms with Gasteiger partial charge in [-0.1, -0.05) is 97.2 Å². The zero-order valence-corrected chi connectivity index (χ0v) is 41.6. The number of unbranched alkanes of at least 4 members (excludes halogenated alkanes) is 1. The topological polar surface area (TPSA) is 354 Å². The van der Waals surface area contributed by atoms with Gasteiger partial charge in [0.2, 0.25) is 0 Å². The van der Waals surface area contributed by atoms with Crippen LogP contribution in [0.4, 0.5) is 21.9 Å². The van der Waals surface area contributed by atoms with Gasteiger partial charge in [0, 0.05) is 42.9 Å². The number of aromatic hydroxyl groups is 1. The predicted octanol–water partition coefficient (Wildman–Crippen LogP) is 10.8. The maximum absolute atomic E-state index is 12.0. The number of carbonyl (C=O) groups is 6. The zero-order valence-electron chi connectivity index (χ0n) is 38.6. The number of phenolic OH excluding ortho intramolecular Hbond substituents is 1. The lowest BCUT2D eigenvalue weighted by Gasteiger charge is -2.24. The number of carbonyl (C=O) groups excluding carboxylic acids is 2. The third-order valence-electron chi connectivity index (χ3n) is 9.75. The highest BCUT2D eigenvalue weighted by Gasteiger charge is 2.27. The number of urea groups is 1. The van der Waals surface area contributed by atoms with Gasteiger partial charge in [-0.3, -0.25) is 19.7 Å². The number of furan rings is 1. The Kier molecular flexibility index (Phi) is 25.9. The van der Waals surface area contributed by atoms with Crippen LogP contribution in [0.25, 0.3) is 0 Å². The molecule has 388 valence electrons. The standard InChI is InChI=1S/C15H13N3O6.C12H16O3.C8H2Cl4O4.C6H14N2.C6H6O3/c1-24-13-6-5-11(18(22)23)8-12(13)17-15(21)16-10-4-2-3-9(7-10)14(19)20;1-2-3-4-11(12(14)15)9-5-7-10(13)8-6-9;9-3-1(7(13)14)4(10)6(12)2(5(3)11)8(15)16;7-5-3-1-2-4-6(5)8;1-5(7)9-6-3-2-4-8-6/h2-8H,1H3,(H,19,20)(H2,16,17,21);5-8,11,13H,2-4H2,1H3,(H,14,15);(H,13,14)(H,15,16);5-6H,1-4,7-8H2;2-4H,1H3. The van der Waals surface area contributed by atoms with E-state index in [-0.39, 0.29) is 58.1 Å². The van der Waals surface area contributed by atoms with Crippen molar-refractivity contribution in [1.29, 1.82) is 0 Å². The van der Waals surface area contributed by atoms with E-state index in [0.29, 0.717) is 6.42 Å². The van der Waals surface area contributed by atoms with Crippen molar-refractivity contribution in [3.05, 3.63) is 138 Å². The molecule has 1 fully saturated rings. The van der Waals surface area contributed by atoms with Crippen LogP contribution in [-0.4, -0.2) is 85.5 Å². The fourth-order valence-corrected chi connectivity index (χ4v) is 7.30. The van der Waals surface area contributed by atoms with E-state index in [2.05, 4.69) is 15.4 Å². The third kappa shape index (κ3) is 19.9. The molecular formula is C47H51Cl4N5O16. The van der Waals surface area contributed by atoms with Gasteiger partial charge >= 0.3 is 35.9 Å². The van der Waals surface area contributed by atoms with Crippen molar-refractivity contribution in [2.24, 2.45) is 11.5 Å². The number of nitrogens with zero attached hydrogens (tertiary/aromatic N) is 1. The van der Waals surface area contributed by atoms with Crippen LogP contribution < -0.4 is 31.6 Å². The van der Waals surface area contributed by atoms with E-state index in [0.717, 1.165) is 37.3 Å². The molecule has 1 saturated carbocycles. The number of esters is 1. The van der Waals surface area contributed by atoms with E-state index < -0.39 is 72.0 Å². The molecule has 0 bridgehead atoms. The van der Waals surface area contributed by atoms with Gasteiger partial charge in [-0.15, -0.1) is 0 Å². The average molecular weight is 1080 g/mol. The minimum absolute atomic E-state index is 0.0146. The minimum atomic E-state index is -1.45. The molecule has 6 rings (SSSR count). The maximum atomic E-state index is 12.0. The highest BCUT2D eigenvalue weighted by molar-refractivity contribution is 6.52. The highest BCUT2D eigenvalue weighted by atomic mass is 35.5. The van der Waals surface area contributed by atoms with Gasteiger partial charge in [-0.25, -0.2) is 19.2 Å². The second-order valence-electron chi connectivity index (χ2n) is 15.0. The zero-order chi connectivity index (χ0) is 54.2. The molecular weight excluding hydrogens is 1030 g/mol. The molecule has 0 saturated heterocycles. The smallest absolute Gasteiger partial charge is 0.338 e. The van der Waals surface area contributed by atoms with Gasteiger partial charge in [-0.2, -0.15) is 0 Å². The molecule has 1 aliphatic rings. The number of ether oxygens (including phenoxy) is 2. The molecule has 4 aromatic carbocycles. The van der Waals surface area contributed by atoms with Crippen LogP contribution in [-0.2, 0) is 9.59 Å². The lowest BCUT2D eigenvalue weighted by atomic mass is 9.92. The number of carboxylic acid groups (broad SMARTS) is 4. The van der Waals surface area contributed by atoms with E-state index in [4.69, 9.17) is 92.6 Å². The lowest BCUT2D eigenvalue weighted by Crippen LogP contribution is -2.43. The first-order valence-electron chi connectivity index (χ1n) is 21.2. The minimum Gasteiger partial charge on any atom is -0.508 e. The molecule has 25 heteroatoms. The SMILES string of the molecule is CC(=O)Oc1ccco1.CCCCC(C(=O)O)c1ccc(O)cc1.COc1ccc([N+](=O)[O-])cc1NC(=O)Nc1cccc(C(=O)O)c1.NC1CCCCC1N.O=C(O)c1c(Cl)c(Cl)c(C(=O)O)c(Cl)c1Cl. The van der Waals surface area contributed by atoms with Crippen LogP contribution in [0.3, 0.4) is 0 Å². The molecule has 11 N–H and O–H groups in total. The van der Waals surface area contributed by atoms with Crippen LogP contribution in [0, 0.1) is 10.1 Å². The number of non-ortho nitro benzene ring substituents is 1. The van der Waals surface area contributed by atoms with Gasteiger partial charge in [0.25, 0.3) is 11.6 Å². The largest absolute Gasteiger partial charge is 0.508 e. The van der Waals surface area contributed by atoms with E-state index in [1.807, 2.05) is 6.92 Å². The molecule has 0 aliphatic heterocycles. The fraction of sp³-hybridized carbons (Fsp3) is 0.277. The summed E-state index contributed by atoms with van der Waals surface area (Å²) < 4.78 is 14.3. The number of rotatable bonds is 13. The molecule has 0 spiro atoms. The van der Waals surface area contributed by atoms with Crippen LogP contribution in [0.1, 0.15) is 101 Å². The number of phenols is 1. The summed E-state index contributed by atoms with van der Waals surface area (Å²) in [6.07, 6.45) is 8.78. The molecule has 5 aromatic rings. The predicted molar refractivity (Wildman–Crippen MR) is 269 cm³/mol. The van der Waals surface area contributed by atoms with E-state index >= 15 is 0 Å². The number of aromatic carboxylic acids is 3. The van der Waals surface area contributed by atoms with E-state index in [1.54, 1.807) is 24.3 Å². The van der Waals surface area contributed by atoms with Gasteiger partial charge in [0.1, 0.15) is 11.5 Å². The van der Waals surface area contributed by atoms with E-state index in [9.17, 15) is 38.9 Å². The molecule has 3 unspecified atom stereocenters. The first-order chi connectivity index (χ1) is 33.9. The molecule has 1 heterocycles. The number of aliphatic carboxylic acids is 1. The number of anilines is 2. The highest BCUT2D eigenvalue weighted by Crippen LogP contribution is 2.41. The van der Waals surface area contributed by atoms with Gasteiger partial charge in [-0.05, 0) is 67.3 Å². The Balaban J connectivity index is 0.000000325. The first kappa shape index (κ1) is 61.0. The first-order valence-corrected chi connectivity index (χ1v) is 22.8. The number of nitro groups is 1. The molecule has 21 nitrogen and oxygen atoms in total. The number of carboxylic acids is 4. The summed E-state index contributed by atoms with van der Waals surface area (Å²) in [5, 5.41) is 58.5. The number of amides is 2. The number of methoxy groups -OCH3 is 1. The van der Waals surface area contributed by atoms with Gasteiger partial charge in [0.05, 0.1) is 66.7 Å². The average Bonchev–Trinajstić information content (AvgIpc) is 3.83. The Hall–Kier alpha value is -7.14. The summed E-state index contributed by atoms with van der Waals surface area (Å²) in [4.78, 5) is 76.0. The van der Waals surface area contributed by atoms with Crippen molar-refractivity contribution >= 4 is 99.3 Å². The summed E-state index contributed by atoms with van der Waals surface area (Å²) in [5.74, 6) is -4.99. The Morgan fingerprint density at radius 2 is 1.35 bits per heavy atom. The number of benzene rings is 4. The Morgan fingerprint density at radius 3 is 1.76 bits per heavy atom. The summed E-state index contributed by atoms with van der Waals surface area (Å²) in [7, 11) is 1.36. The molecule has 1 aromatic heterocycles.